The molecule has 20 heavy (non-hydrogen) atoms. The molecule has 0 amide bonds. The molecule has 0 radical (unpaired) electrons. The molecular formula is C14H13Cl2N2O2-. The van der Waals surface area contributed by atoms with Gasteiger partial charge in [-0.3, -0.25) is 0 Å². The van der Waals surface area contributed by atoms with Crippen molar-refractivity contribution >= 4 is 29.2 Å². The second kappa shape index (κ2) is 5.85. The first-order valence-electron chi connectivity index (χ1n) is 6.21. The number of carbonyl (C=O) groups excluding carboxylic acids is 1. The minimum Gasteiger partial charge on any atom is -0.545 e. The van der Waals surface area contributed by atoms with Crippen LogP contribution in [0.4, 0.5) is 0 Å². The highest BCUT2D eigenvalue weighted by atomic mass is 35.5. The highest BCUT2D eigenvalue weighted by molar-refractivity contribution is 6.42. The molecule has 2 rings (SSSR count). The summed E-state index contributed by atoms with van der Waals surface area (Å²) in [7, 11) is 0. The lowest BCUT2D eigenvalue weighted by Crippen LogP contribution is -2.24. The number of carboxylic acids is 1. The maximum atomic E-state index is 11.3. The molecule has 4 nitrogen and oxygen atoms in total. The van der Waals surface area contributed by atoms with Gasteiger partial charge in [0.25, 0.3) is 0 Å². The average Bonchev–Trinajstić information content (AvgIpc) is 2.70. The van der Waals surface area contributed by atoms with Crippen LogP contribution in [0.2, 0.25) is 10.0 Å². The summed E-state index contributed by atoms with van der Waals surface area (Å²) in [6.45, 7) is 3.66. The molecule has 0 N–H and O–H groups in total. The monoisotopic (exact) mass is 311 g/mol. The van der Waals surface area contributed by atoms with Crippen molar-refractivity contribution in [3.05, 3.63) is 45.2 Å². The van der Waals surface area contributed by atoms with E-state index in [2.05, 4.69) is 5.10 Å². The standard InChI is InChI=1S/C14H14Cl2N2O2/c1-3-4-12-13(14(19)20)8(2)18(17-12)9-5-6-10(15)11(16)7-9/h5-7H,3-4H2,1-2H3,(H,19,20)/p-1. The Bertz CT molecular complexity index is 665. The van der Waals surface area contributed by atoms with E-state index < -0.39 is 5.97 Å². The maximum absolute atomic E-state index is 11.3. The number of hydrogen-bond acceptors (Lipinski definition) is 3. The number of rotatable bonds is 4. The molecule has 0 bridgehead atoms. The van der Waals surface area contributed by atoms with Gasteiger partial charge in [-0.1, -0.05) is 36.5 Å². The Balaban J connectivity index is 2.59. The van der Waals surface area contributed by atoms with Gasteiger partial charge in [0.05, 0.1) is 33.1 Å². The van der Waals surface area contributed by atoms with Gasteiger partial charge < -0.3 is 9.90 Å². The van der Waals surface area contributed by atoms with Gasteiger partial charge in [0.1, 0.15) is 0 Å². The highest BCUT2D eigenvalue weighted by Crippen LogP contribution is 2.26. The van der Waals surface area contributed by atoms with Gasteiger partial charge in [-0.15, -0.1) is 0 Å². The third-order valence-electron chi connectivity index (χ3n) is 3.03. The van der Waals surface area contributed by atoms with Gasteiger partial charge in [-0.25, -0.2) is 4.68 Å². The quantitative estimate of drug-likeness (QED) is 0.872. The van der Waals surface area contributed by atoms with E-state index in [0.29, 0.717) is 33.5 Å². The summed E-state index contributed by atoms with van der Waals surface area (Å²) in [5.74, 6) is -1.21. The van der Waals surface area contributed by atoms with E-state index in [-0.39, 0.29) is 5.56 Å². The van der Waals surface area contributed by atoms with E-state index in [4.69, 9.17) is 23.2 Å². The molecule has 106 valence electrons. The summed E-state index contributed by atoms with van der Waals surface area (Å²) >= 11 is 11.9. The lowest BCUT2D eigenvalue weighted by atomic mass is 10.1. The van der Waals surface area contributed by atoms with E-state index in [1.54, 1.807) is 29.8 Å². The number of carbonyl (C=O) groups is 1. The fourth-order valence-electron chi connectivity index (χ4n) is 2.11. The van der Waals surface area contributed by atoms with E-state index in [9.17, 15) is 9.90 Å². The lowest BCUT2D eigenvalue weighted by molar-refractivity contribution is -0.255. The van der Waals surface area contributed by atoms with Crippen molar-refractivity contribution in [2.24, 2.45) is 0 Å². The molecule has 0 fully saturated rings. The zero-order chi connectivity index (χ0) is 14.9. The van der Waals surface area contributed by atoms with Gasteiger partial charge in [0.15, 0.2) is 0 Å². The van der Waals surface area contributed by atoms with Crippen molar-refractivity contribution in [3.8, 4) is 5.69 Å². The Kier molecular flexibility index (Phi) is 4.35. The minimum atomic E-state index is -1.21. The zero-order valence-electron chi connectivity index (χ0n) is 11.1. The predicted octanol–water partition coefficient (Wildman–Crippen LogP) is 2.80. The normalized spacial score (nSPS) is 10.8. The van der Waals surface area contributed by atoms with Crippen LogP contribution in [0.25, 0.3) is 5.69 Å². The summed E-state index contributed by atoms with van der Waals surface area (Å²) in [4.78, 5) is 11.3. The van der Waals surface area contributed by atoms with Crippen molar-refractivity contribution in [3.63, 3.8) is 0 Å². The first-order valence-corrected chi connectivity index (χ1v) is 6.96. The first-order chi connectivity index (χ1) is 9.45. The summed E-state index contributed by atoms with van der Waals surface area (Å²) < 4.78 is 1.55. The van der Waals surface area contributed by atoms with E-state index in [0.717, 1.165) is 6.42 Å². The van der Waals surface area contributed by atoms with Crippen LogP contribution in [0, 0.1) is 6.92 Å². The Labute approximate surface area is 126 Å². The summed E-state index contributed by atoms with van der Waals surface area (Å²) in [5.41, 5.74) is 1.86. The molecule has 0 aliphatic heterocycles. The van der Waals surface area contributed by atoms with Gasteiger partial charge in [-0.05, 0) is 31.5 Å². The molecule has 0 spiro atoms. The van der Waals surface area contributed by atoms with Crippen LogP contribution < -0.4 is 5.11 Å². The first kappa shape index (κ1) is 14.9. The number of aromatic nitrogens is 2. The van der Waals surface area contributed by atoms with Gasteiger partial charge in [0, 0.05) is 5.56 Å². The topological polar surface area (TPSA) is 58.0 Å². The molecule has 0 saturated carbocycles. The number of halogens is 2. The van der Waals surface area contributed by atoms with Crippen molar-refractivity contribution in [1.82, 2.24) is 9.78 Å². The summed E-state index contributed by atoms with van der Waals surface area (Å²) in [6, 6.07) is 5.04. The number of hydrogen-bond donors (Lipinski definition) is 0. The number of nitrogens with zero attached hydrogens (tertiary/aromatic N) is 2. The van der Waals surface area contributed by atoms with Crippen LogP contribution in [-0.2, 0) is 6.42 Å². The second-order valence-electron chi connectivity index (χ2n) is 4.45. The number of carboxylic acid groups (broad SMARTS) is 1. The second-order valence-corrected chi connectivity index (χ2v) is 5.27. The number of aromatic carboxylic acids is 1. The van der Waals surface area contributed by atoms with Gasteiger partial charge in [0.2, 0.25) is 0 Å². The molecule has 1 aromatic carbocycles. The van der Waals surface area contributed by atoms with Crippen LogP contribution in [0.15, 0.2) is 18.2 Å². The number of aryl methyl sites for hydroxylation is 1. The summed E-state index contributed by atoms with van der Waals surface area (Å²) in [6.07, 6.45) is 1.39. The van der Waals surface area contributed by atoms with Crippen molar-refractivity contribution < 1.29 is 9.90 Å². The third kappa shape index (κ3) is 2.67. The SMILES string of the molecule is CCCc1nn(-c2ccc(Cl)c(Cl)c2)c(C)c1C(=O)[O-]. The van der Waals surface area contributed by atoms with Crippen molar-refractivity contribution in [2.75, 3.05) is 0 Å². The van der Waals surface area contributed by atoms with Crippen LogP contribution in [0.5, 0.6) is 0 Å². The van der Waals surface area contributed by atoms with E-state index >= 15 is 0 Å². The fourth-order valence-corrected chi connectivity index (χ4v) is 2.40. The molecule has 6 heteroatoms. The molecule has 1 aromatic heterocycles. The Morgan fingerprint density at radius 1 is 1.35 bits per heavy atom. The molecular weight excluding hydrogens is 299 g/mol. The lowest BCUT2D eigenvalue weighted by Gasteiger charge is -2.07. The Hall–Kier alpha value is -1.52. The fraction of sp³-hybridized carbons (Fsp3) is 0.286. The molecule has 0 unspecified atom stereocenters. The number of benzene rings is 1. The zero-order valence-corrected chi connectivity index (χ0v) is 12.6. The minimum absolute atomic E-state index is 0.151. The molecule has 0 aliphatic rings. The molecule has 0 saturated heterocycles. The predicted molar refractivity (Wildman–Crippen MR) is 76.6 cm³/mol. The maximum Gasteiger partial charge on any atom is 0.0752 e. The largest absolute Gasteiger partial charge is 0.545 e. The Morgan fingerprint density at radius 3 is 2.60 bits per heavy atom. The Morgan fingerprint density at radius 2 is 2.05 bits per heavy atom. The van der Waals surface area contributed by atoms with Gasteiger partial charge in [-0.2, -0.15) is 5.10 Å². The molecule has 2 aromatic rings. The van der Waals surface area contributed by atoms with Crippen molar-refractivity contribution in [2.45, 2.75) is 26.7 Å². The van der Waals surface area contributed by atoms with Crippen LogP contribution in [-0.4, -0.2) is 15.7 Å². The van der Waals surface area contributed by atoms with E-state index in [1.807, 2.05) is 6.92 Å². The van der Waals surface area contributed by atoms with Crippen LogP contribution in [0.3, 0.4) is 0 Å². The third-order valence-corrected chi connectivity index (χ3v) is 3.77. The van der Waals surface area contributed by atoms with Crippen molar-refractivity contribution in [1.29, 1.82) is 0 Å². The summed E-state index contributed by atoms with van der Waals surface area (Å²) in [5, 5.41) is 16.5. The van der Waals surface area contributed by atoms with Gasteiger partial charge >= 0.3 is 0 Å². The highest BCUT2D eigenvalue weighted by Gasteiger charge is 2.16. The van der Waals surface area contributed by atoms with E-state index in [1.165, 1.54) is 0 Å². The smallest absolute Gasteiger partial charge is 0.0752 e. The molecule has 1 heterocycles. The average molecular weight is 312 g/mol. The molecule has 0 aliphatic carbocycles. The van der Waals surface area contributed by atoms with Crippen LogP contribution >= 0.6 is 23.2 Å². The molecule has 0 atom stereocenters. The van der Waals surface area contributed by atoms with Crippen LogP contribution in [0.1, 0.15) is 35.1 Å².